The van der Waals surface area contributed by atoms with Crippen LogP contribution in [0.3, 0.4) is 0 Å². The zero-order valence-corrected chi connectivity index (χ0v) is 9.89. The molecule has 0 spiro atoms. The van der Waals surface area contributed by atoms with Crippen LogP contribution in [0.5, 0.6) is 0 Å². The molecule has 0 unspecified atom stereocenters. The van der Waals surface area contributed by atoms with Gasteiger partial charge in [0.1, 0.15) is 0 Å². The van der Waals surface area contributed by atoms with Crippen molar-refractivity contribution in [3.63, 3.8) is 0 Å². The minimum atomic E-state index is 0.926. The van der Waals surface area contributed by atoms with Gasteiger partial charge in [-0.1, -0.05) is 39.0 Å². The molecule has 0 aromatic heterocycles. The molecule has 0 heterocycles. The first kappa shape index (κ1) is 13.9. The molecular weight excluding hydrogens is 174 g/mol. The average Bonchev–Trinajstić information content (AvgIpc) is 2.15. The zero-order valence-electron chi connectivity index (χ0n) is 9.89. The number of likely N-dealkylation sites (N-methyl/N-ethyl adjacent to an activating group) is 1. The SMILES string of the molecule is CCCCCCCCNCCN(C)N. The molecule has 0 saturated carbocycles. The highest BCUT2D eigenvalue weighted by atomic mass is 15.4. The Balaban J connectivity index is 2.85. The van der Waals surface area contributed by atoms with Crippen molar-refractivity contribution in [2.75, 3.05) is 26.7 Å². The number of hydrazine groups is 1. The van der Waals surface area contributed by atoms with Crippen LogP contribution in [0.2, 0.25) is 0 Å². The van der Waals surface area contributed by atoms with Crippen LogP contribution in [-0.4, -0.2) is 31.7 Å². The van der Waals surface area contributed by atoms with E-state index in [2.05, 4.69) is 12.2 Å². The molecule has 0 radical (unpaired) electrons. The molecule has 0 saturated heterocycles. The lowest BCUT2D eigenvalue weighted by Gasteiger charge is -2.09. The van der Waals surface area contributed by atoms with Gasteiger partial charge in [-0.15, -0.1) is 0 Å². The van der Waals surface area contributed by atoms with Crippen molar-refractivity contribution in [2.45, 2.75) is 45.4 Å². The first-order valence-corrected chi connectivity index (χ1v) is 5.94. The Bertz CT molecular complexity index is 105. The fourth-order valence-electron chi connectivity index (χ4n) is 1.41. The van der Waals surface area contributed by atoms with Crippen molar-refractivity contribution in [1.29, 1.82) is 0 Å². The molecule has 3 nitrogen and oxygen atoms in total. The van der Waals surface area contributed by atoms with Crippen LogP contribution in [-0.2, 0) is 0 Å². The summed E-state index contributed by atoms with van der Waals surface area (Å²) in [5.74, 6) is 5.48. The van der Waals surface area contributed by atoms with Crippen molar-refractivity contribution in [1.82, 2.24) is 10.3 Å². The van der Waals surface area contributed by atoms with Gasteiger partial charge in [-0.2, -0.15) is 0 Å². The molecule has 0 atom stereocenters. The minimum absolute atomic E-state index is 0.926. The van der Waals surface area contributed by atoms with Crippen molar-refractivity contribution in [3.8, 4) is 0 Å². The van der Waals surface area contributed by atoms with Crippen LogP contribution in [0.15, 0.2) is 0 Å². The second kappa shape index (κ2) is 11.0. The Labute approximate surface area is 89.0 Å². The zero-order chi connectivity index (χ0) is 10.6. The van der Waals surface area contributed by atoms with Gasteiger partial charge in [-0.05, 0) is 13.0 Å². The standard InChI is InChI=1S/C11H27N3/c1-3-4-5-6-7-8-9-13-10-11-14(2)12/h13H,3-12H2,1-2H3. The number of nitrogens with two attached hydrogens (primary N) is 1. The predicted molar refractivity (Wildman–Crippen MR) is 63.1 cm³/mol. The third-order valence-corrected chi connectivity index (χ3v) is 2.35. The van der Waals surface area contributed by atoms with Gasteiger partial charge < -0.3 is 5.32 Å². The van der Waals surface area contributed by atoms with Gasteiger partial charge in [0.2, 0.25) is 0 Å². The summed E-state index contributed by atoms with van der Waals surface area (Å²) in [5, 5.41) is 5.10. The third kappa shape index (κ3) is 11.9. The average molecular weight is 201 g/mol. The quantitative estimate of drug-likeness (QED) is 0.321. The highest BCUT2D eigenvalue weighted by Gasteiger charge is 1.91. The highest BCUT2D eigenvalue weighted by molar-refractivity contribution is 4.51. The van der Waals surface area contributed by atoms with Crippen molar-refractivity contribution in [3.05, 3.63) is 0 Å². The van der Waals surface area contributed by atoms with E-state index in [1.807, 2.05) is 7.05 Å². The van der Waals surface area contributed by atoms with Crippen LogP contribution in [0, 0.1) is 0 Å². The first-order valence-electron chi connectivity index (χ1n) is 5.94. The number of rotatable bonds is 10. The van der Waals surface area contributed by atoms with E-state index in [-0.39, 0.29) is 0 Å². The molecule has 0 rings (SSSR count). The van der Waals surface area contributed by atoms with E-state index in [1.165, 1.54) is 38.5 Å². The van der Waals surface area contributed by atoms with E-state index in [0.717, 1.165) is 19.6 Å². The Morgan fingerprint density at radius 1 is 1.00 bits per heavy atom. The monoisotopic (exact) mass is 201 g/mol. The second-order valence-corrected chi connectivity index (χ2v) is 4.00. The van der Waals surface area contributed by atoms with Crippen molar-refractivity contribution in [2.24, 2.45) is 5.84 Å². The maximum Gasteiger partial charge on any atom is 0.0250 e. The molecule has 0 aliphatic heterocycles. The summed E-state index contributed by atoms with van der Waals surface area (Å²) in [6, 6.07) is 0. The number of unbranched alkanes of at least 4 members (excludes halogenated alkanes) is 5. The van der Waals surface area contributed by atoms with Gasteiger partial charge in [0.05, 0.1) is 0 Å². The minimum Gasteiger partial charge on any atom is -0.315 e. The van der Waals surface area contributed by atoms with E-state index in [4.69, 9.17) is 5.84 Å². The van der Waals surface area contributed by atoms with Gasteiger partial charge >= 0.3 is 0 Å². The summed E-state index contributed by atoms with van der Waals surface area (Å²) in [7, 11) is 1.90. The first-order chi connectivity index (χ1) is 6.77. The van der Waals surface area contributed by atoms with Crippen LogP contribution in [0.1, 0.15) is 45.4 Å². The Morgan fingerprint density at radius 2 is 1.64 bits per heavy atom. The summed E-state index contributed by atoms with van der Waals surface area (Å²) in [4.78, 5) is 0. The number of nitrogens with one attached hydrogen (secondary N) is 1. The molecular formula is C11H27N3. The largest absolute Gasteiger partial charge is 0.315 e. The summed E-state index contributed by atoms with van der Waals surface area (Å²) >= 11 is 0. The fraction of sp³-hybridized carbons (Fsp3) is 1.00. The summed E-state index contributed by atoms with van der Waals surface area (Å²) < 4.78 is 0. The van der Waals surface area contributed by atoms with Crippen LogP contribution >= 0.6 is 0 Å². The number of nitrogens with zero attached hydrogens (tertiary/aromatic N) is 1. The van der Waals surface area contributed by atoms with Crippen molar-refractivity contribution < 1.29 is 0 Å². The molecule has 0 aromatic rings. The summed E-state index contributed by atoms with van der Waals surface area (Å²) in [6.07, 6.45) is 8.20. The maximum absolute atomic E-state index is 5.48. The number of hydrogen-bond donors (Lipinski definition) is 2. The van der Waals surface area contributed by atoms with Gasteiger partial charge in [0, 0.05) is 20.1 Å². The Hall–Kier alpha value is -0.120. The second-order valence-electron chi connectivity index (χ2n) is 4.00. The molecule has 0 fully saturated rings. The maximum atomic E-state index is 5.48. The fourth-order valence-corrected chi connectivity index (χ4v) is 1.41. The molecule has 3 heteroatoms. The van der Waals surface area contributed by atoms with E-state index in [9.17, 15) is 0 Å². The van der Waals surface area contributed by atoms with E-state index in [1.54, 1.807) is 5.01 Å². The summed E-state index contributed by atoms with van der Waals surface area (Å²) in [5.41, 5.74) is 0. The van der Waals surface area contributed by atoms with E-state index >= 15 is 0 Å². The van der Waals surface area contributed by atoms with Gasteiger partial charge in [-0.3, -0.25) is 5.84 Å². The molecule has 0 aliphatic carbocycles. The summed E-state index contributed by atoms with van der Waals surface area (Å²) in [6.45, 7) is 5.32. The predicted octanol–water partition coefficient (Wildman–Crippen LogP) is 1.74. The Kier molecular flexibility index (Phi) is 10.9. The van der Waals surface area contributed by atoms with Crippen LogP contribution in [0.4, 0.5) is 0 Å². The molecule has 0 amide bonds. The topological polar surface area (TPSA) is 41.3 Å². The normalized spacial score (nSPS) is 11.1. The smallest absolute Gasteiger partial charge is 0.0250 e. The molecule has 3 N–H and O–H groups in total. The third-order valence-electron chi connectivity index (χ3n) is 2.35. The van der Waals surface area contributed by atoms with Crippen LogP contribution < -0.4 is 11.2 Å². The van der Waals surface area contributed by atoms with E-state index in [0.29, 0.717) is 0 Å². The lowest BCUT2D eigenvalue weighted by atomic mass is 10.1. The number of hydrogen-bond acceptors (Lipinski definition) is 3. The molecule has 86 valence electrons. The van der Waals surface area contributed by atoms with Gasteiger partial charge in [0.25, 0.3) is 0 Å². The molecule has 14 heavy (non-hydrogen) atoms. The van der Waals surface area contributed by atoms with Crippen LogP contribution in [0.25, 0.3) is 0 Å². The lowest BCUT2D eigenvalue weighted by molar-refractivity contribution is 0.345. The molecule has 0 aromatic carbocycles. The lowest BCUT2D eigenvalue weighted by Crippen LogP contribution is -2.34. The Morgan fingerprint density at radius 3 is 2.29 bits per heavy atom. The van der Waals surface area contributed by atoms with E-state index < -0.39 is 0 Å². The van der Waals surface area contributed by atoms with Gasteiger partial charge in [0.15, 0.2) is 0 Å². The van der Waals surface area contributed by atoms with Gasteiger partial charge in [-0.25, -0.2) is 5.01 Å². The molecule has 0 bridgehead atoms. The van der Waals surface area contributed by atoms with Crippen molar-refractivity contribution >= 4 is 0 Å². The molecule has 0 aliphatic rings. The highest BCUT2D eigenvalue weighted by Crippen LogP contribution is 2.03.